The van der Waals surface area contributed by atoms with Crippen LogP contribution in [-0.4, -0.2) is 36.5 Å². The smallest absolute Gasteiger partial charge is 0.267 e. The number of hydrogen-bond donors (Lipinski definition) is 2. The summed E-state index contributed by atoms with van der Waals surface area (Å²) in [7, 11) is 0. The number of Topliss-reactive ketones (excluding diaryl/α,β-unsaturated/α-hetero) is 1. The molecule has 29 heavy (non-hydrogen) atoms. The topological polar surface area (TPSA) is 97.6 Å². The quantitative estimate of drug-likeness (QED) is 0.704. The summed E-state index contributed by atoms with van der Waals surface area (Å²) in [6.07, 6.45) is 0.228. The van der Waals surface area contributed by atoms with Gasteiger partial charge in [-0.05, 0) is 31.2 Å². The summed E-state index contributed by atoms with van der Waals surface area (Å²) < 4.78 is 13.6. The Morgan fingerprint density at radius 3 is 2.66 bits per heavy atom. The number of anilines is 2. The standard InChI is InChI=1S/C21H20FN5O2/c1-14(28)20-12-19(26-27(20)15-6-3-2-4-7-15)21(29)25-11-10-24-18-9-5-8-17(22)16(18)13-23/h2-9,20,24H,10-12H2,1H3,(H,25,29). The monoisotopic (exact) mass is 393 g/mol. The van der Waals surface area contributed by atoms with Crippen LogP contribution in [0.1, 0.15) is 18.9 Å². The molecule has 1 aliphatic rings. The van der Waals surface area contributed by atoms with E-state index in [1.54, 1.807) is 11.1 Å². The van der Waals surface area contributed by atoms with Crippen molar-refractivity contribution in [3.8, 4) is 6.07 Å². The molecule has 0 aromatic heterocycles. The Labute approximate surface area is 167 Å². The summed E-state index contributed by atoms with van der Waals surface area (Å²) in [6, 6.07) is 14.8. The minimum absolute atomic E-state index is 0.0678. The average molecular weight is 393 g/mol. The molecule has 3 rings (SSSR count). The second kappa shape index (κ2) is 8.97. The minimum atomic E-state index is -0.599. The van der Waals surface area contributed by atoms with Gasteiger partial charge in [0, 0.05) is 19.5 Å². The molecule has 1 atom stereocenters. The summed E-state index contributed by atoms with van der Waals surface area (Å²) >= 11 is 0. The molecular formula is C21H20FN5O2. The third-order valence-electron chi connectivity index (χ3n) is 4.51. The van der Waals surface area contributed by atoms with Gasteiger partial charge in [0.2, 0.25) is 0 Å². The van der Waals surface area contributed by atoms with Gasteiger partial charge in [0.25, 0.3) is 5.91 Å². The lowest BCUT2D eigenvalue weighted by Gasteiger charge is -2.20. The van der Waals surface area contributed by atoms with Gasteiger partial charge < -0.3 is 10.6 Å². The minimum Gasteiger partial charge on any atom is -0.382 e. The van der Waals surface area contributed by atoms with Crippen molar-refractivity contribution in [2.24, 2.45) is 5.10 Å². The van der Waals surface area contributed by atoms with E-state index in [0.717, 1.165) is 5.69 Å². The molecule has 8 heteroatoms. The predicted molar refractivity (Wildman–Crippen MR) is 108 cm³/mol. The molecule has 0 radical (unpaired) electrons. The number of nitrogens with one attached hydrogen (secondary N) is 2. The number of nitrogens with zero attached hydrogens (tertiary/aromatic N) is 3. The highest BCUT2D eigenvalue weighted by atomic mass is 19.1. The molecule has 0 bridgehead atoms. The largest absolute Gasteiger partial charge is 0.382 e. The van der Waals surface area contributed by atoms with Gasteiger partial charge in [0.05, 0.1) is 11.4 Å². The van der Waals surface area contributed by atoms with Gasteiger partial charge in [0.15, 0.2) is 5.78 Å². The number of benzene rings is 2. The molecule has 1 heterocycles. The fourth-order valence-corrected chi connectivity index (χ4v) is 3.04. The van der Waals surface area contributed by atoms with E-state index in [9.17, 15) is 14.0 Å². The van der Waals surface area contributed by atoms with Gasteiger partial charge in [-0.1, -0.05) is 24.3 Å². The maximum absolute atomic E-state index is 13.6. The maximum Gasteiger partial charge on any atom is 0.267 e. The summed E-state index contributed by atoms with van der Waals surface area (Å²) in [5, 5.41) is 20.6. The molecule has 1 aliphatic heterocycles. The van der Waals surface area contributed by atoms with Crippen LogP contribution in [0.2, 0.25) is 0 Å². The number of ketones is 1. The number of amides is 1. The van der Waals surface area contributed by atoms with E-state index < -0.39 is 11.9 Å². The molecular weight excluding hydrogens is 373 g/mol. The van der Waals surface area contributed by atoms with Gasteiger partial charge in [-0.15, -0.1) is 0 Å². The molecule has 2 N–H and O–H groups in total. The number of para-hydroxylation sites is 1. The molecule has 2 aromatic carbocycles. The first kappa shape index (κ1) is 20.0. The Balaban J connectivity index is 1.59. The van der Waals surface area contributed by atoms with Crippen molar-refractivity contribution in [1.29, 1.82) is 5.26 Å². The average Bonchev–Trinajstić information content (AvgIpc) is 3.18. The molecule has 1 unspecified atom stereocenters. The van der Waals surface area contributed by atoms with E-state index in [1.165, 1.54) is 19.1 Å². The van der Waals surface area contributed by atoms with Crippen molar-refractivity contribution < 1.29 is 14.0 Å². The van der Waals surface area contributed by atoms with Gasteiger partial charge in [-0.3, -0.25) is 14.6 Å². The molecule has 7 nitrogen and oxygen atoms in total. The Bertz CT molecular complexity index is 984. The normalized spacial score (nSPS) is 15.4. The Hall–Kier alpha value is -3.73. The van der Waals surface area contributed by atoms with E-state index in [4.69, 9.17) is 5.26 Å². The van der Waals surface area contributed by atoms with Crippen molar-refractivity contribution in [3.63, 3.8) is 0 Å². The molecule has 1 amide bonds. The first-order chi connectivity index (χ1) is 14.0. The van der Waals surface area contributed by atoms with Crippen molar-refractivity contribution >= 4 is 28.8 Å². The fourth-order valence-electron chi connectivity index (χ4n) is 3.04. The fraction of sp³-hybridized carbons (Fsp3) is 0.238. The zero-order chi connectivity index (χ0) is 20.8. The Morgan fingerprint density at radius 1 is 1.21 bits per heavy atom. The number of rotatable bonds is 7. The highest BCUT2D eigenvalue weighted by Crippen LogP contribution is 2.25. The third kappa shape index (κ3) is 4.58. The van der Waals surface area contributed by atoms with Gasteiger partial charge in [-0.25, -0.2) is 4.39 Å². The number of hydrogen-bond acceptors (Lipinski definition) is 6. The summed E-state index contributed by atoms with van der Waals surface area (Å²) in [4.78, 5) is 24.4. The lowest BCUT2D eigenvalue weighted by molar-refractivity contribution is -0.118. The number of halogens is 1. The second-order valence-corrected chi connectivity index (χ2v) is 6.51. The van der Waals surface area contributed by atoms with Crippen molar-refractivity contribution in [3.05, 3.63) is 59.9 Å². The summed E-state index contributed by atoms with van der Waals surface area (Å²) in [5.74, 6) is -1.04. The van der Waals surface area contributed by atoms with E-state index in [1.807, 2.05) is 36.4 Å². The molecule has 2 aromatic rings. The van der Waals surface area contributed by atoms with E-state index >= 15 is 0 Å². The van der Waals surface area contributed by atoms with Crippen LogP contribution in [0.4, 0.5) is 15.8 Å². The SMILES string of the molecule is CC(=O)C1CC(C(=O)NCCNc2cccc(F)c2C#N)=NN1c1ccccc1. The molecule has 0 aliphatic carbocycles. The molecule has 148 valence electrons. The number of carbonyl (C=O) groups is 2. The summed E-state index contributed by atoms with van der Waals surface area (Å²) in [5.41, 5.74) is 1.32. The van der Waals surface area contributed by atoms with Gasteiger partial charge in [0.1, 0.15) is 29.2 Å². The third-order valence-corrected chi connectivity index (χ3v) is 4.51. The zero-order valence-electron chi connectivity index (χ0n) is 15.9. The predicted octanol–water partition coefficient (Wildman–Crippen LogP) is 2.45. The van der Waals surface area contributed by atoms with Gasteiger partial charge in [-0.2, -0.15) is 10.4 Å². The van der Waals surface area contributed by atoms with Crippen LogP contribution in [0.15, 0.2) is 53.6 Å². The second-order valence-electron chi connectivity index (χ2n) is 6.51. The van der Waals surface area contributed by atoms with E-state index in [-0.39, 0.29) is 35.9 Å². The number of nitriles is 1. The van der Waals surface area contributed by atoms with Crippen LogP contribution in [0.5, 0.6) is 0 Å². The van der Waals surface area contributed by atoms with E-state index in [0.29, 0.717) is 12.2 Å². The first-order valence-corrected chi connectivity index (χ1v) is 9.14. The van der Waals surface area contributed by atoms with Crippen molar-refractivity contribution in [2.45, 2.75) is 19.4 Å². The molecule has 0 saturated heterocycles. The summed E-state index contributed by atoms with van der Waals surface area (Å²) in [6.45, 7) is 2.03. The van der Waals surface area contributed by atoms with E-state index in [2.05, 4.69) is 15.7 Å². The van der Waals surface area contributed by atoms with Crippen LogP contribution in [0, 0.1) is 17.1 Å². The van der Waals surface area contributed by atoms with Crippen LogP contribution < -0.4 is 15.6 Å². The van der Waals surface area contributed by atoms with Crippen LogP contribution in [0.3, 0.4) is 0 Å². The molecule has 0 saturated carbocycles. The van der Waals surface area contributed by atoms with Crippen LogP contribution in [-0.2, 0) is 9.59 Å². The highest BCUT2D eigenvalue weighted by molar-refractivity contribution is 6.40. The highest BCUT2D eigenvalue weighted by Gasteiger charge is 2.33. The maximum atomic E-state index is 13.6. The zero-order valence-corrected chi connectivity index (χ0v) is 15.9. The van der Waals surface area contributed by atoms with Gasteiger partial charge >= 0.3 is 0 Å². The van der Waals surface area contributed by atoms with Crippen molar-refractivity contribution in [1.82, 2.24) is 5.32 Å². The molecule has 0 fully saturated rings. The number of carbonyl (C=O) groups excluding carboxylic acids is 2. The molecule has 0 spiro atoms. The Morgan fingerprint density at radius 2 is 1.97 bits per heavy atom. The Kier molecular flexibility index (Phi) is 6.19. The first-order valence-electron chi connectivity index (χ1n) is 9.14. The number of hydrazone groups is 1. The lowest BCUT2D eigenvalue weighted by Crippen LogP contribution is -2.35. The van der Waals surface area contributed by atoms with Crippen LogP contribution in [0.25, 0.3) is 0 Å². The van der Waals surface area contributed by atoms with Crippen molar-refractivity contribution in [2.75, 3.05) is 23.4 Å². The lowest BCUT2D eigenvalue weighted by atomic mass is 10.1. The van der Waals surface area contributed by atoms with Crippen LogP contribution >= 0.6 is 0 Å².